The van der Waals surface area contributed by atoms with Crippen LogP contribution in [0.1, 0.15) is 143 Å². The molecule has 10 aliphatic rings. The number of H-pyrrole nitrogens is 1. The summed E-state index contributed by atoms with van der Waals surface area (Å²) >= 11 is 30.4. The number of nitrogens with one attached hydrogen (secondary N) is 10. The molecule has 14 N–H and O–H groups in total. The number of Topliss-reactive ketones (excluding diaryl/α,β-unsaturated/α-hetero) is 1. The number of rotatable bonds is 11. The van der Waals surface area contributed by atoms with E-state index in [4.69, 9.17) is 72.1 Å². The fraction of sp³-hybridized carbons (Fsp3) is 0.416. The van der Waals surface area contributed by atoms with Gasteiger partial charge < -0.3 is 78.5 Å². The number of hydrogen-bond acceptors (Lipinski definition) is 26. The van der Waals surface area contributed by atoms with Crippen molar-refractivity contribution in [1.82, 2.24) is 74.6 Å². The molecule has 0 radical (unpaired) electrons. The zero-order valence-electron chi connectivity index (χ0n) is 67.7. The average molecular weight is 1940 g/mol. The smallest absolute Gasteiger partial charge is 0.411 e. The highest BCUT2D eigenvalue weighted by atomic mass is 79.9. The van der Waals surface area contributed by atoms with Gasteiger partial charge >= 0.3 is 18.3 Å². The number of nitrogens with two attached hydrogens (primary N) is 2. The molecule has 1 aromatic carbocycles. The van der Waals surface area contributed by atoms with Crippen LogP contribution in [-0.2, 0) is 50.4 Å². The molecule has 4 saturated heterocycles. The Kier molecular flexibility index (Phi) is 27.5. The van der Waals surface area contributed by atoms with Gasteiger partial charge in [0.05, 0.1) is 68.3 Å². The number of likely N-dealkylation sites (tertiary alicyclic amines) is 3. The van der Waals surface area contributed by atoms with Crippen LogP contribution in [0.2, 0.25) is 20.1 Å². The lowest BCUT2D eigenvalue weighted by molar-refractivity contribution is -0.128. The zero-order chi connectivity index (χ0) is 89.7. The van der Waals surface area contributed by atoms with Crippen molar-refractivity contribution in [2.24, 2.45) is 23.5 Å². The first-order valence-electron chi connectivity index (χ1n) is 38.1. The van der Waals surface area contributed by atoms with Gasteiger partial charge in [-0.05, 0) is 175 Å². The number of benzene rings is 1. The molecular formula is C77H85Br2Cl5N22O18. The third kappa shape index (κ3) is 21.7. The number of pyridine rings is 4. The van der Waals surface area contributed by atoms with Gasteiger partial charge in [0, 0.05) is 54.4 Å². The molecule has 3 spiro atoms. The highest BCUT2D eigenvalue weighted by Crippen LogP contribution is 2.40. The standard InChI is InChI=1S/C22H24ClN7O5.C17H16ClN7O3.C14H15BrClN3O4.C10H12N2O.C8H13NO3.C6H4BrClN2O2.ClH/c1-21(2,3)35-20(34)29-8-22(9-29)28-18(32)16-12(23)6-13(19(33)30(16)22)26-14-7-15(25-10-24-14)27-17(31)11-4-5-11;18-9-3-10(16(28)25-13(9)15(27)24-17(25)5-19-6-17)22-11-4-12(21-7-20-11)23-14(26)8-1-2-8;1-13(2,3)23-12(22)18-5-14(6-18)17-10(20)9-8(16)4-7(15)11(21)19(9)14;11-8-2-1-3-9(6-8)12-10(13)7-4-5-7;1-8(2,3)12-7(11)9-4-6(10)5-9;7-2-1-3(8)4(5(9)11)10-6(2)12;/h6-7,10-11H,4-5,8-9H2,1-3H3,(H,28,32)(H2,24,25,26,27,31);3-4,7-8,19H,1-2,5-6H2,(H,24,27)(H2,20,21,22,23,26);4H,5-6H2,1-3H3,(H,17,20);1-3,6-7H,4-5,11H2,(H,12,13);4-5H2,1-3H3;1H,(H2,9,11)(H,10,12);1H. The van der Waals surface area contributed by atoms with E-state index >= 15 is 0 Å². The van der Waals surface area contributed by atoms with Crippen molar-refractivity contribution in [1.29, 1.82) is 0 Å². The summed E-state index contributed by atoms with van der Waals surface area (Å²) in [7, 11) is 0. The number of nitrogens with zero attached hydrogens (tertiary/aromatic N) is 10. The Bertz CT molecular complexity index is 5780. The van der Waals surface area contributed by atoms with E-state index in [2.05, 4.69) is 105 Å². The molecule has 3 saturated carbocycles. The number of hydrogen-bond donors (Lipinski definition) is 12. The molecule has 7 aromatic rings. The number of carbonyl (C=O) groups is 11. The summed E-state index contributed by atoms with van der Waals surface area (Å²) in [6.45, 7) is 17.7. The molecule has 13 heterocycles. The lowest BCUT2D eigenvalue weighted by Gasteiger charge is -2.48. The monoisotopic (exact) mass is 1940 g/mol. The predicted octanol–water partition coefficient (Wildman–Crippen LogP) is 8.06. The fourth-order valence-corrected chi connectivity index (χ4v) is 15.1. The molecule has 660 valence electrons. The van der Waals surface area contributed by atoms with Crippen LogP contribution in [0.5, 0.6) is 0 Å². The summed E-state index contributed by atoms with van der Waals surface area (Å²) in [6.07, 6.45) is 6.64. The summed E-state index contributed by atoms with van der Waals surface area (Å²) in [4.78, 5) is 202. The number of aromatic amines is 1. The number of primary amides is 1. The average Bonchev–Trinajstić information content (AvgIpc) is 1.60. The second-order valence-electron chi connectivity index (χ2n) is 33.0. The van der Waals surface area contributed by atoms with E-state index in [1.54, 1.807) is 74.4 Å². The van der Waals surface area contributed by atoms with Crippen molar-refractivity contribution < 1.29 is 67.0 Å². The zero-order valence-corrected chi connectivity index (χ0v) is 74.7. The van der Waals surface area contributed by atoms with Crippen molar-refractivity contribution in [2.45, 2.75) is 135 Å². The first-order chi connectivity index (χ1) is 57.6. The van der Waals surface area contributed by atoms with E-state index in [9.17, 15) is 71.9 Å². The minimum Gasteiger partial charge on any atom is -0.444 e. The van der Waals surface area contributed by atoms with Crippen LogP contribution in [0.15, 0.2) is 101 Å². The van der Waals surface area contributed by atoms with Crippen molar-refractivity contribution in [3.05, 3.63) is 167 Å². The van der Waals surface area contributed by atoms with Crippen LogP contribution in [0.3, 0.4) is 0 Å². The maximum Gasteiger partial charge on any atom is 0.411 e. The third-order valence-electron chi connectivity index (χ3n) is 19.3. The number of halogens is 7. The largest absolute Gasteiger partial charge is 0.444 e. The molecule has 0 atom stereocenters. The van der Waals surface area contributed by atoms with Crippen LogP contribution in [0, 0.1) is 17.8 Å². The maximum absolute atomic E-state index is 13.4. The Morgan fingerprint density at radius 3 is 1.23 bits per heavy atom. The van der Waals surface area contributed by atoms with Gasteiger partial charge in [-0.25, -0.2) is 34.3 Å². The highest BCUT2D eigenvalue weighted by Gasteiger charge is 2.57. The molecular weight excluding hydrogens is 1860 g/mol. The molecule has 124 heavy (non-hydrogen) atoms. The normalized spacial score (nSPS) is 17.0. The predicted molar refractivity (Wildman–Crippen MR) is 464 cm³/mol. The first-order valence-corrected chi connectivity index (χ1v) is 41.2. The number of anilines is 8. The minimum atomic E-state index is -1.13. The summed E-state index contributed by atoms with van der Waals surface area (Å²) in [6, 6.07) is 15.8. The molecule has 7 aliphatic heterocycles. The van der Waals surface area contributed by atoms with E-state index in [1.807, 2.05) is 12.1 Å². The quantitative estimate of drug-likeness (QED) is 0.0430. The molecule has 7 fully saturated rings. The van der Waals surface area contributed by atoms with E-state index < -0.39 is 80.9 Å². The summed E-state index contributed by atoms with van der Waals surface area (Å²) in [5, 5.41) is 26.1. The number of amides is 10. The van der Waals surface area contributed by atoms with Gasteiger partial charge in [0.25, 0.3) is 45.9 Å². The fourth-order valence-electron chi connectivity index (χ4n) is 13.0. The van der Waals surface area contributed by atoms with Crippen LogP contribution < -0.4 is 81.6 Å². The summed E-state index contributed by atoms with van der Waals surface area (Å²) in [5.74, 6) is -0.531. The van der Waals surface area contributed by atoms with Gasteiger partial charge in [0.2, 0.25) is 17.7 Å². The molecule has 47 heteroatoms. The Balaban J connectivity index is 0.000000152. The van der Waals surface area contributed by atoms with Crippen molar-refractivity contribution >= 4 is 202 Å². The summed E-state index contributed by atoms with van der Waals surface area (Å²) < 4.78 is 20.2. The number of ether oxygens (including phenoxy) is 3. The second kappa shape index (κ2) is 36.5. The SMILES string of the molecule is CC(C)(C)OC(=O)N1CC(=O)C1.CC(C)(C)OC(=O)N1CC2(C1)NC(=O)c1c(Cl)cc(Br)c(=O)n12.CC(C)(C)OC(=O)N1CC2(C1)NC(=O)c1c(Cl)cc(Nc3cc(NC(=O)C4CC4)ncn3)c(=O)n12.Cl.NC(=O)c1[nH]c(=O)c(Br)cc1Cl.Nc1cccc(NC(=O)C2CC2)c1.O=C1NC2(CNC2)n2c1c(Cl)cc(Nc1cc(NC(=O)C3CC3)ncn1)c2=O. The number of nitrogen functional groups attached to an aromatic ring is 1. The number of carbonyl (C=O) groups excluding carboxylic acids is 11. The lowest BCUT2D eigenvalue weighted by atomic mass is 10.0. The van der Waals surface area contributed by atoms with Crippen molar-refractivity contribution in [2.75, 3.05) is 84.7 Å². The van der Waals surface area contributed by atoms with Gasteiger partial charge in [-0.1, -0.05) is 52.5 Å². The lowest BCUT2D eigenvalue weighted by Crippen LogP contribution is -2.70. The Morgan fingerprint density at radius 1 is 0.484 bits per heavy atom. The minimum absolute atomic E-state index is 0. The number of ketones is 1. The Labute approximate surface area is 748 Å². The molecule has 17 rings (SSSR count). The van der Waals surface area contributed by atoms with Crippen LogP contribution in [0.25, 0.3) is 0 Å². The van der Waals surface area contributed by atoms with E-state index in [1.165, 1.54) is 77.5 Å². The van der Waals surface area contributed by atoms with Gasteiger partial charge in [-0.15, -0.1) is 12.4 Å². The van der Waals surface area contributed by atoms with E-state index in [0.29, 0.717) is 36.2 Å². The van der Waals surface area contributed by atoms with Gasteiger partial charge in [-0.2, -0.15) is 0 Å². The van der Waals surface area contributed by atoms with E-state index in [0.717, 1.165) is 44.2 Å². The van der Waals surface area contributed by atoms with Crippen molar-refractivity contribution in [3.8, 4) is 0 Å². The Hall–Kier alpha value is -11.3. The topological polar surface area (TPSA) is 536 Å². The highest BCUT2D eigenvalue weighted by molar-refractivity contribution is 9.10. The molecule has 40 nitrogen and oxygen atoms in total. The summed E-state index contributed by atoms with van der Waals surface area (Å²) in [5.41, 5.74) is 6.05. The van der Waals surface area contributed by atoms with Gasteiger partial charge in [0.15, 0.2) is 17.1 Å². The number of aromatic nitrogens is 8. The molecule has 0 bridgehead atoms. The van der Waals surface area contributed by atoms with E-state index in [-0.39, 0.29) is 179 Å². The van der Waals surface area contributed by atoms with Crippen LogP contribution >= 0.6 is 90.7 Å². The molecule has 10 amide bonds. The third-order valence-corrected chi connectivity index (χ3v) is 21.6. The maximum atomic E-state index is 13.4. The Morgan fingerprint density at radius 2 is 0.855 bits per heavy atom. The molecule has 0 unspecified atom stereocenters. The molecule has 6 aromatic heterocycles. The van der Waals surface area contributed by atoms with Crippen LogP contribution in [-0.4, -0.2) is 188 Å². The molecule has 3 aliphatic carbocycles. The van der Waals surface area contributed by atoms with Crippen LogP contribution in [0.4, 0.5) is 60.4 Å². The van der Waals surface area contributed by atoms with Gasteiger partial charge in [0.1, 0.15) is 92.5 Å². The van der Waals surface area contributed by atoms with Crippen molar-refractivity contribution in [3.63, 3.8) is 0 Å². The van der Waals surface area contributed by atoms with Gasteiger partial charge in [-0.3, -0.25) is 85.9 Å². The number of fused-ring (bicyclic) bond motifs is 6. The second-order valence-corrected chi connectivity index (χ2v) is 36.3. The first kappa shape index (κ1) is 93.4.